The molecular weight excluding hydrogens is 413 g/mol. The second-order valence-corrected chi connectivity index (χ2v) is 9.64. The fraction of sp³-hybridized carbons (Fsp3) is 0.478. The molecule has 0 radical (unpaired) electrons. The number of imide groups is 1. The summed E-state index contributed by atoms with van der Waals surface area (Å²) in [5.41, 5.74) is 2.03. The average molecular weight is 446 g/mol. The number of amides is 2. The first-order chi connectivity index (χ1) is 14.8. The highest BCUT2D eigenvalue weighted by Gasteiger charge is 2.33. The lowest BCUT2D eigenvalue weighted by molar-refractivity contribution is 0.0602. The second kappa shape index (κ2) is 10.0. The van der Waals surface area contributed by atoms with Gasteiger partial charge in [0.05, 0.1) is 6.61 Å². The highest BCUT2D eigenvalue weighted by molar-refractivity contribution is 7.44. The first kappa shape index (κ1) is 23.6. The van der Waals surface area contributed by atoms with Crippen LogP contribution in [0.4, 0.5) is 5.69 Å². The number of nitrogens with one attached hydrogen (secondary N) is 1. The molecule has 1 unspecified atom stereocenters. The molecule has 8 heteroatoms. The first-order valence-corrected chi connectivity index (χ1v) is 11.8. The van der Waals surface area contributed by atoms with Crippen molar-refractivity contribution in [3.05, 3.63) is 41.5 Å². The molecule has 7 nitrogen and oxygen atoms in total. The molecule has 0 aromatic heterocycles. The van der Waals surface area contributed by atoms with Gasteiger partial charge in [0.2, 0.25) is 0 Å². The summed E-state index contributed by atoms with van der Waals surface area (Å²) in [5.74, 6) is -0.507. The van der Waals surface area contributed by atoms with Crippen molar-refractivity contribution in [2.24, 2.45) is 0 Å². The summed E-state index contributed by atoms with van der Waals surface area (Å²) in [7, 11) is 2.29. The van der Waals surface area contributed by atoms with E-state index in [1.54, 1.807) is 19.2 Å². The van der Waals surface area contributed by atoms with Gasteiger partial charge in [-0.3, -0.25) is 14.5 Å². The number of carbonyl (C=O) groups excluding carboxylic acids is 2. The number of nitrogens with zero attached hydrogens (tertiary/aromatic N) is 2. The smallest absolute Gasteiger partial charge is 0.261 e. The molecule has 1 aliphatic rings. The van der Waals surface area contributed by atoms with Crippen LogP contribution in [0.2, 0.25) is 0 Å². The van der Waals surface area contributed by atoms with E-state index >= 15 is 0 Å². The first-order valence-electron chi connectivity index (χ1n) is 10.7. The van der Waals surface area contributed by atoms with E-state index in [9.17, 15) is 9.59 Å². The summed E-state index contributed by atoms with van der Waals surface area (Å²) in [5, 5.41) is 4.74. The summed E-state index contributed by atoms with van der Waals surface area (Å²) in [4.78, 5) is 27.5. The van der Waals surface area contributed by atoms with E-state index in [0.717, 1.165) is 16.5 Å². The molecule has 1 atom stereocenters. The van der Waals surface area contributed by atoms with E-state index in [4.69, 9.17) is 9.05 Å². The Labute approximate surface area is 185 Å². The van der Waals surface area contributed by atoms with Gasteiger partial charge in [0.15, 0.2) is 0 Å². The third-order valence-electron chi connectivity index (χ3n) is 5.39. The van der Waals surface area contributed by atoms with E-state index < -0.39 is 8.53 Å². The SMILES string of the molecule is CNc1ccc2c3c(cccc13)C(=O)N(CCCOP(OC)N(C(C)C)C(C)C)C2=O. The van der Waals surface area contributed by atoms with Gasteiger partial charge in [0, 0.05) is 60.4 Å². The Hall–Kier alpha value is -2.05. The highest BCUT2D eigenvalue weighted by atomic mass is 31.2. The number of anilines is 1. The van der Waals surface area contributed by atoms with Crippen molar-refractivity contribution in [3.8, 4) is 0 Å². The number of benzene rings is 2. The summed E-state index contributed by atoms with van der Waals surface area (Å²) < 4.78 is 13.8. The highest BCUT2D eigenvalue weighted by Crippen LogP contribution is 2.45. The Kier molecular flexibility index (Phi) is 7.65. The number of carbonyl (C=O) groups is 2. The van der Waals surface area contributed by atoms with Gasteiger partial charge in [0.25, 0.3) is 20.3 Å². The monoisotopic (exact) mass is 445 g/mol. The molecule has 0 saturated carbocycles. The molecule has 0 spiro atoms. The van der Waals surface area contributed by atoms with Gasteiger partial charge in [0.1, 0.15) is 0 Å². The van der Waals surface area contributed by atoms with Crippen LogP contribution < -0.4 is 5.32 Å². The van der Waals surface area contributed by atoms with E-state index in [0.29, 0.717) is 30.7 Å². The van der Waals surface area contributed by atoms with Gasteiger partial charge in [-0.15, -0.1) is 0 Å². The molecule has 2 amide bonds. The van der Waals surface area contributed by atoms with Gasteiger partial charge >= 0.3 is 0 Å². The van der Waals surface area contributed by atoms with Crippen molar-refractivity contribution < 1.29 is 18.6 Å². The molecule has 2 aromatic carbocycles. The molecule has 0 fully saturated rings. The van der Waals surface area contributed by atoms with Crippen LogP contribution in [-0.2, 0) is 9.05 Å². The molecule has 3 rings (SSSR count). The van der Waals surface area contributed by atoms with Gasteiger partial charge in [-0.2, -0.15) is 0 Å². The number of rotatable bonds is 10. The maximum absolute atomic E-state index is 13.1. The summed E-state index contributed by atoms with van der Waals surface area (Å²) in [6.45, 7) is 9.15. The van der Waals surface area contributed by atoms with Crippen LogP contribution in [0.25, 0.3) is 10.8 Å². The van der Waals surface area contributed by atoms with Crippen LogP contribution in [0, 0.1) is 0 Å². The maximum Gasteiger partial charge on any atom is 0.261 e. The summed E-state index contributed by atoms with van der Waals surface area (Å²) in [6, 6.07) is 9.83. The van der Waals surface area contributed by atoms with Crippen molar-refractivity contribution in [1.29, 1.82) is 0 Å². The van der Waals surface area contributed by atoms with E-state index in [1.807, 2.05) is 25.2 Å². The Morgan fingerprint density at radius 2 is 1.68 bits per heavy atom. The van der Waals surface area contributed by atoms with Crippen LogP contribution in [0.1, 0.15) is 54.8 Å². The minimum Gasteiger partial charge on any atom is -0.388 e. The predicted molar refractivity (Wildman–Crippen MR) is 125 cm³/mol. The lowest BCUT2D eigenvalue weighted by atomic mass is 9.93. The van der Waals surface area contributed by atoms with Crippen molar-refractivity contribution in [2.45, 2.75) is 46.2 Å². The standard InChI is InChI=1S/C23H32N3O4P/c1-15(2)26(16(3)4)31(29-6)30-14-8-13-25-22(27)18-10-7-9-17-20(24-5)12-11-19(21(17)18)23(25)28/h7,9-12,15-16,24H,8,13-14H2,1-6H3. The zero-order valence-corrected chi connectivity index (χ0v) is 20.0. The van der Waals surface area contributed by atoms with E-state index in [2.05, 4.69) is 37.7 Å². The summed E-state index contributed by atoms with van der Waals surface area (Å²) in [6.07, 6.45) is 0.545. The lowest BCUT2D eigenvalue weighted by Gasteiger charge is -2.35. The Morgan fingerprint density at radius 3 is 2.26 bits per heavy atom. The van der Waals surface area contributed by atoms with Crippen molar-refractivity contribution >= 4 is 36.8 Å². The Bertz CT molecular complexity index is 933. The fourth-order valence-electron chi connectivity index (χ4n) is 4.12. The number of hydrogen-bond donors (Lipinski definition) is 1. The maximum atomic E-state index is 13.1. The predicted octanol–water partition coefficient (Wildman–Crippen LogP) is 4.88. The quantitative estimate of drug-likeness (QED) is 0.319. The minimum absolute atomic E-state index is 0.253. The molecule has 31 heavy (non-hydrogen) atoms. The molecular formula is C23H32N3O4P. The van der Waals surface area contributed by atoms with Gasteiger partial charge in [-0.05, 0) is 52.3 Å². The van der Waals surface area contributed by atoms with E-state index in [-0.39, 0.29) is 23.9 Å². The molecule has 1 aliphatic heterocycles. The van der Waals surface area contributed by atoms with Crippen LogP contribution in [0.5, 0.6) is 0 Å². The molecule has 0 saturated heterocycles. The van der Waals surface area contributed by atoms with Gasteiger partial charge in [-0.1, -0.05) is 12.1 Å². The molecule has 0 aliphatic carbocycles. The zero-order valence-electron chi connectivity index (χ0n) is 19.1. The minimum atomic E-state index is -1.19. The third-order valence-corrected chi connectivity index (χ3v) is 7.41. The Balaban J connectivity index is 1.71. The largest absolute Gasteiger partial charge is 0.388 e. The zero-order chi connectivity index (χ0) is 22.7. The van der Waals surface area contributed by atoms with Gasteiger partial charge in [-0.25, -0.2) is 4.67 Å². The fourth-order valence-corrected chi connectivity index (χ4v) is 5.59. The normalized spacial score (nSPS) is 14.9. The Morgan fingerprint density at radius 1 is 1.03 bits per heavy atom. The molecule has 1 heterocycles. The lowest BCUT2D eigenvalue weighted by Crippen LogP contribution is -2.41. The molecule has 168 valence electrons. The van der Waals surface area contributed by atoms with Crippen molar-refractivity contribution in [1.82, 2.24) is 9.57 Å². The van der Waals surface area contributed by atoms with Crippen LogP contribution in [0.3, 0.4) is 0 Å². The van der Waals surface area contributed by atoms with Crippen molar-refractivity contribution in [2.75, 3.05) is 32.6 Å². The van der Waals surface area contributed by atoms with Crippen LogP contribution >= 0.6 is 8.53 Å². The van der Waals surface area contributed by atoms with Gasteiger partial charge < -0.3 is 14.4 Å². The summed E-state index contributed by atoms with van der Waals surface area (Å²) >= 11 is 0. The second-order valence-electron chi connectivity index (χ2n) is 8.08. The van der Waals surface area contributed by atoms with Crippen LogP contribution in [-0.4, -0.2) is 60.8 Å². The molecule has 2 aromatic rings. The van der Waals surface area contributed by atoms with Crippen molar-refractivity contribution in [3.63, 3.8) is 0 Å². The van der Waals surface area contributed by atoms with Crippen LogP contribution in [0.15, 0.2) is 30.3 Å². The molecule has 0 bridgehead atoms. The average Bonchev–Trinajstić information content (AvgIpc) is 2.74. The third kappa shape index (κ3) is 4.60. The van der Waals surface area contributed by atoms with E-state index in [1.165, 1.54) is 4.90 Å². The number of hydrogen-bond acceptors (Lipinski definition) is 6. The molecule has 1 N–H and O–H groups in total. The topological polar surface area (TPSA) is 71.1 Å².